The molecule has 0 saturated carbocycles. The highest BCUT2D eigenvalue weighted by atomic mass is 16.3. The summed E-state index contributed by atoms with van der Waals surface area (Å²) in [4.78, 5) is 0. The molecule has 0 unspecified atom stereocenters. The van der Waals surface area contributed by atoms with Crippen LogP contribution in [-0.4, -0.2) is 16.3 Å². The first kappa shape index (κ1) is 13.9. The van der Waals surface area contributed by atoms with Gasteiger partial charge in [0.05, 0.1) is 18.0 Å². The van der Waals surface area contributed by atoms with E-state index in [1.807, 2.05) is 19.1 Å². The van der Waals surface area contributed by atoms with Crippen LogP contribution in [0, 0.1) is 19.8 Å². The van der Waals surface area contributed by atoms with Crippen LogP contribution < -0.4 is 5.32 Å². The second kappa shape index (κ2) is 6.06. The summed E-state index contributed by atoms with van der Waals surface area (Å²) in [5.41, 5.74) is 2.31. The predicted molar refractivity (Wildman–Crippen MR) is 76.0 cm³/mol. The van der Waals surface area contributed by atoms with E-state index < -0.39 is 0 Å². The first-order valence-corrected chi connectivity index (χ1v) is 6.84. The van der Waals surface area contributed by atoms with Crippen LogP contribution in [0.4, 0.5) is 0 Å². The van der Waals surface area contributed by atoms with Crippen molar-refractivity contribution in [3.63, 3.8) is 0 Å². The lowest BCUT2D eigenvalue weighted by atomic mass is 10.1. The summed E-state index contributed by atoms with van der Waals surface area (Å²) in [5, 5.41) is 7.99. The molecule has 0 spiro atoms. The zero-order valence-corrected chi connectivity index (χ0v) is 12.2. The maximum Gasteiger partial charge on any atom is 0.120 e. The van der Waals surface area contributed by atoms with Gasteiger partial charge in [0.1, 0.15) is 5.76 Å². The van der Waals surface area contributed by atoms with Gasteiger partial charge in [-0.25, -0.2) is 0 Å². The fourth-order valence-electron chi connectivity index (χ4n) is 2.24. The summed E-state index contributed by atoms with van der Waals surface area (Å²) in [6.07, 6.45) is 1.72. The van der Waals surface area contributed by atoms with E-state index in [1.54, 1.807) is 6.26 Å². The summed E-state index contributed by atoms with van der Waals surface area (Å²) in [5.74, 6) is 1.51. The molecule has 0 bridgehead atoms. The van der Waals surface area contributed by atoms with Crippen LogP contribution >= 0.6 is 0 Å². The van der Waals surface area contributed by atoms with Crippen LogP contribution in [0.15, 0.2) is 28.9 Å². The fourth-order valence-corrected chi connectivity index (χ4v) is 2.24. The second-order valence-electron chi connectivity index (χ2n) is 5.36. The average Bonchev–Trinajstić information content (AvgIpc) is 2.97. The molecule has 2 aromatic heterocycles. The number of aromatic nitrogens is 2. The highest BCUT2D eigenvalue weighted by Gasteiger charge is 2.11. The lowest BCUT2D eigenvalue weighted by Gasteiger charge is -2.17. The van der Waals surface area contributed by atoms with E-state index in [1.165, 1.54) is 5.69 Å². The van der Waals surface area contributed by atoms with Crippen LogP contribution in [0.3, 0.4) is 0 Å². The fraction of sp³-hybridized carbons (Fsp3) is 0.533. The molecule has 4 heteroatoms. The monoisotopic (exact) mass is 261 g/mol. The van der Waals surface area contributed by atoms with Crippen LogP contribution in [-0.2, 0) is 6.54 Å². The zero-order valence-electron chi connectivity index (χ0n) is 12.2. The van der Waals surface area contributed by atoms with Crippen LogP contribution in [0.1, 0.15) is 37.0 Å². The molecular formula is C15H23N3O. The molecule has 0 saturated heterocycles. The van der Waals surface area contributed by atoms with Gasteiger partial charge in [-0.15, -0.1) is 0 Å². The first-order chi connectivity index (χ1) is 9.06. The van der Waals surface area contributed by atoms with Gasteiger partial charge < -0.3 is 9.73 Å². The smallest absolute Gasteiger partial charge is 0.120 e. The highest BCUT2D eigenvalue weighted by molar-refractivity contribution is 5.06. The Morgan fingerprint density at radius 1 is 1.37 bits per heavy atom. The number of rotatable bonds is 6. The van der Waals surface area contributed by atoms with Crippen molar-refractivity contribution in [2.45, 2.75) is 40.3 Å². The van der Waals surface area contributed by atoms with Gasteiger partial charge in [0, 0.05) is 18.8 Å². The second-order valence-corrected chi connectivity index (χ2v) is 5.36. The third-order valence-corrected chi connectivity index (χ3v) is 3.33. The normalized spacial score (nSPS) is 14.5. The van der Waals surface area contributed by atoms with E-state index in [2.05, 4.69) is 41.9 Å². The third kappa shape index (κ3) is 3.70. The summed E-state index contributed by atoms with van der Waals surface area (Å²) < 4.78 is 7.47. The largest absolute Gasteiger partial charge is 0.468 e. The van der Waals surface area contributed by atoms with Crippen LogP contribution in [0.5, 0.6) is 0 Å². The molecule has 0 aliphatic heterocycles. The van der Waals surface area contributed by atoms with Crippen LogP contribution in [0.25, 0.3) is 0 Å². The minimum Gasteiger partial charge on any atom is -0.468 e. The zero-order chi connectivity index (χ0) is 13.8. The molecule has 104 valence electrons. The molecular weight excluding hydrogens is 238 g/mol. The van der Waals surface area contributed by atoms with Gasteiger partial charge in [0.25, 0.3) is 0 Å². The Labute approximate surface area is 114 Å². The predicted octanol–water partition coefficient (Wildman–Crippen LogP) is 3.08. The summed E-state index contributed by atoms with van der Waals surface area (Å²) >= 11 is 0. The number of hydrogen-bond acceptors (Lipinski definition) is 3. The molecule has 2 aromatic rings. The molecule has 19 heavy (non-hydrogen) atoms. The van der Waals surface area contributed by atoms with Crippen molar-refractivity contribution in [1.82, 2.24) is 15.1 Å². The molecule has 2 rings (SSSR count). The number of aryl methyl sites for hydroxylation is 2. The van der Waals surface area contributed by atoms with Crippen molar-refractivity contribution in [2.24, 2.45) is 5.92 Å². The maximum absolute atomic E-state index is 5.39. The van der Waals surface area contributed by atoms with Crippen molar-refractivity contribution < 1.29 is 4.42 Å². The minimum absolute atomic E-state index is 0.248. The van der Waals surface area contributed by atoms with Crippen molar-refractivity contribution >= 4 is 0 Å². The topological polar surface area (TPSA) is 43.0 Å². The minimum atomic E-state index is 0.248. The van der Waals surface area contributed by atoms with Gasteiger partial charge in [-0.2, -0.15) is 5.10 Å². The Morgan fingerprint density at radius 2 is 2.16 bits per heavy atom. The number of nitrogens with zero attached hydrogens (tertiary/aromatic N) is 2. The van der Waals surface area contributed by atoms with E-state index in [0.717, 1.165) is 24.5 Å². The summed E-state index contributed by atoms with van der Waals surface area (Å²) in [6.45, 7) is 10.4. The van der Waals surface area contributed by atoms with Gasteiger partial charge in [-0.05, 0) is 44.9 Å². The van der Waals surface area contributed by atoms with E-state index in [4.69, 9.17) is 4.42 Å². The van der Waals surface area contributed by atoms with Crippen LogP contribution in [0.2, 0.25) is 0 Å². The van der Waals surface area contributed by atoms with Crippen molar-refractivity contribution in [2.75, 3.05) is 6.54 Å². The Kier molecular flexibility index (Phi) is 4.43. The van der Waals surface area contributed by atoms with Crippen molar-refractivity contribution in [3.05, 3.63) is 41.6 Å². The Hall–Kier alpha value is -1.55. The number of furan rings is 1. The third-order valence-electron chi connectivity index (χ3n) is 3.33. The molecule has 0 aliphatic carbocycles. The lowest BCUT2D eigenvalue weighted by Crippen LogP contribution is -2.27. The maximum atomic E-state index is 5.39. The van der Waals surface area contributed by atoms with E-state index >= 15 is 0 Å². The van der Waals surface area contributed by atoms with Gasteiger partial charge in [0.2, 0.25) is 0 Å². The van der Waals surface area contributed by atoms with Gasteiger partial charge in [0.15, 0.2) is 0 Å². The standard InChI is InChI=1S/C15H23N3O/c1-11(10-18-13(3)8-12(2)17-18)9-16-14(4)15-6-5-7-19-15/h5-8,11,14,16H,9-10H2,1-4H3/t11-,14-/m0/s1. The van der Waals surface area contributed by atoms with E-state index in [-0.39, 0.29) is 6.04 Å². The molecule has 0 radical (unpaired) electrons. The number of hydrogen-bond donors (Lipinski definition) is 1. The van der Waals surface area contributed by atoms with E-state index in [0.29, 0.717) is 5.92 Å². The molecule has 0 amide bonds. The lowest BCUT2D eigenvalue weighted by molar-refractivity contribution is 0.371. The molecule has 0 aromatic carbocycles. The molecule has 0 aliphatic rings. The van der Waals surface area contributed by atoms with E-state index in [9.17, 15) is 0 Å². The molecule has 2 heterocycles. The average molecular weight is 261 g/mol. The quantitative estimate of drug-likeness (QED) is 0.869. The Balaban J connectivity index is 1.81. The Bertz CT molecular complexity index is 501. The summed E-state index contributed by atoms with van der Waals surface area (Å²) in [6, 6.07) is 6.29. The van der Waals surface area contributed by atoms with Crippen molar-refractivity contribution in [3.8, 4) is 0 Å². The molecule has 4 nitrogen and oxygen atoms in total. The van der Waals surface area contributed by atoms with Gasteiger partial charge in [-0.3, -0.25) is 4.68 Å². The molecule has 2 atom stereocenters. The van der Waals surface area contributed by atoms with Crippen molar-refractivity contribution in [1.29, 1.82) is 0 Å². The first-order valence-electron chi connectivity index (χ1n) is 6.84. The van der Waals surface area contributed by atoms with Gasteiger partial charge in [-0.1, -0.05) is 6.92 Å². The number of nitrogens with one attached hydrogen (secondary N) is 1. The molecule has 1 N–H and O–H groups in total. The van der Waals surface area contributed by atoms with Gasteiger partial charge >= 0.3 is 0 Å². The molecule has 0 fully saturated rings. The Morgan fingerprint density at radius 3 is 2.74 bits per heavy atom. The SMILES string of the molecule is Cc1cc(C)n(C[C@@H](C)CN[C@@H](C)c2ccco2)n1. The highest BCUT2D eigenvalue weighted by Crippen LogP contribution is 2.13. The summed E-state index contributed by atoms with van der Waals surface area (Å²) in [7, 11) is 0.